The van der Waals surface area contributed by atoms with Crippen molar-refractivity contribution in [2.75, 3.05) is 6.54 Å². The highest BCUT2D eigenvalue weighted by Crippen LogP contribution is 2.17. The first kappa shape index (κ1) is 16.0. The molecule has 0 fully saturated rings. The van der Waals surface area contributed by atoms with Gasteiger partial charge in [0, 0.05) is 34.8 Å². The van der Waals surface area contributed by atoms with Crippen LogP contribution in [0.15, 0.2) is 60.3 Å². The Labute approximate surface area is 140 Å². The Morgan fingerprint density at radius 1 is 1.17 bits per heavy atom. The largest absolute Gasteiger partial charge is 0.361 e. The van der Waals surface area contributed by atoms with Crippen LogP contribution in [-0.4, -0.2) is 17.4 Å². The first-order valence-electron chi connectivity index (χ1n) is 7.91. The van der Waals surface area contributed by atoms with Gasteiger partial charge in [0.2, 0.25) is 5.91 Å². The SMILES string of the molecule is C/C(=C\c1ccccc1F)C(=O)NCCc1c[nH]c2ccccc12. The van der Waals surface area contributed by atoms with Crippen LogP contribution in [0.3, 0.4) is 0 Å². The summed E-state index contributed by atoms with van der Waals surface area (Å²) in [6.07, 6.45) is 4.28. The Hall–Kier alpha value is -2.88. The molecule has 0 aliphatic rings. The maximum atomic E-state index is 13.6. The zero-order valence-electron chi connectivity index (χ0n) is 13.5. The molecule has 0 aliphatic heterocycles. The monoisotopic (exact) mass is 322 g/mol. The van der Waals surface area contributed by atoms with E-state index < -0.39 is 0 Å². The van der Waals surface area contributed by atoms with Gasteiger partial charge < -0.3 is 10.3 Å². The van der Waals surface area contributed by atoms with Crippen LogP contribution < -0.4 is 5.32 Å². The van der Waals surface area contributed by atoms with Crippen molar-refractivity contribution in [1.82, 2.24) is 10.3 Å². The molecule has 0 spiro atoms. The molecule has 1 aromatic heterocycles. The van der Waals surface area contributed by atoms with Crippen LogP contribution >= 0.6 is 0 Å². The summed E-state index contributed by atoms with van der Waals surface area (Å²) in [5.41, 5.74) is 3.16. The number of halogens is 1. The van der Waals surface area contributed by atoms with Gasteiger partial charge in [-0.2, -0.15) is 0 Å². The van der Waals surface area contributed by atoms with Crippen LogP contribution in [0, 0.1) is 5.82 Å². The summed E-state index contributed by atoms with van der Waals surface area (Å²) in [4.78, 5) is 15.4. The smallest absolute Gasteiger partial charge is 0.246 e. The van der Waals surface area contributed by atoms with E-state index in [9.17, 15) is 9.18 Å². The van der Waals surface area contributed by atoms with Crippen molar-refractivity contribution in [2.24, 2.45) is 0 Å². The zero-order chi connectivity index (χ0) is 16.9. The third-order valence-electron chi connectivity index (χ3n) is 3.99. The number of aromatic amines is 1. The molecule has 4 heteroatoms. The number of benzene rings is 2. The molecule has 3 aromatic rings. The maximum absolute atomic E-state index is 13.6. The van der Waals surface area contributed by atoms with Gasteiger partial charge in [-0.15, -0.1) is 0 Å². The van der Waals surface area contributed by atoms with Crippen LogP contribution in [0.2, 0.25) is 0 Å². The van der Waals surface area contributed by atoms with Gasteiger partial charge in [-0.3, -0.25) is 4.79 Å². The molecule has 24 heavy (non-hydrogen) atoms. The van der Waals surface area contributed by atoms with E-state index in [1.807, 2.05) is 24.4 Å². The molecule has 0 saturated heterocycles. The number of hydrogen-bond acceptors (Lipinski definition) is 1. The molecule has 0 unspecified atom stereocenters. The molecular formula is C20H19FN2O. The number of carbonyl (C=O) groups excluding carboxylic acids is 1. The van der Waals surface area contributed by atoms with Crippen molar-refractivity contribution in [1.29, 1.82) is 0 Å². The molecule has 2 N–H and O–H groups in total. The Morgan fingerprint density at radius 3 is 2.75 bits per heavy atom. The number of fused-ring (bicyclic) bond motifs is 1. The summed E-state index contributed by atoms with van der Waals surface area (Å²) >= 11 is 0. The number of amides is 1. The summed E-state index contributed by atoms with van der Waals surface area (Å²) in [6.45, 7) is 2.22. The number of carbonyl (C=O) groups is 1. The second-order valence-corrected chi connectivity index (χ2v) is 5.71. The van der Waals surface area contributed by atoms with Gasteiger partial charge in [-0.25, -0.2) is 4.39 Å². The van der Waals surface area contributed by atoms with Crippen molar-refractivity contribution in [3.05, 3.63) is 77.2 Å². The highest BCUT2D eigenvalue weighted by Gasteiger charge is 2.07. The molecule has 122 valence electrons. The van der Waals surface area contributed by atoms with E-state index in [2.05, 4.69) is 16.4 Å². The minimum atomic E-state index is -0.330. The first-order chi connectivity index (χ1) is 11.6. The van der Waals surface area contributed by atoms with Crippen LogP contribution in [0.25, 0.3) is 17.0 Å². The molecule has 0 radical (unpaired) electrons. The van der Waals surface area contributed by atoms with E-state index >= 15 is 0 Å². The number of nitrogens with one attached hydrogen (secondary N) is 2. The van der Waals surface area contributed by atoms with Gasteiger partial charge >= 0.3 is 0 Å². The van der Waals surface area contributed by atoms with Crippen LogP contribution in [0.1, 0.15) is 18.1 Å². The number of para-hydroxylation sites is 1. The Kier molecular flexibility index (Phi) is 4.75. The van der Waals surface area contributed by atoms with Crippen molar-refractivity contribution in [2.45, 2.75) is 13.3 Å². The van der Waals surface area contributed by atoms with Gasteiger partial charge in [-0.05, 0) is 37.1 Å². The molecule has 1 amide bonds. The minimum Gasteiger partial charge on any atom is -0.361 e. The quantitative estimate of drug-likeness (QED) is 0.683. The molecule has 0 atom stereocenters. The first-order valence-corrected chi connectivity index (χ1v) is 7.91. The third kappa shape index (κ3) is 3.54. The Morgan fingerprint density at radius 2 is 1.92 bits per heavy atom. The van der Waals surface area contributed by atoms with Crippen LogP contribution in [0.4, 0.5) is 4.39 Å². The number of aromatic nitrogens is 1. The number of rotatable bonds is 5. The molecule has 0 bridgehead atoms. The lowest BCUT2D eigenvalue weighted by Gasteiger charge is -2.06. The molecule has 1 heterocycles. The number of H-pyrrole nitrogens is 1. The van der Waals surface area contributed by atoms with E-state index in [-0.39, 0.29) is 11.7 Å². The molecular weight excluding hydrogens is 303 g/mol. The molecule has 3 rings (SSSR count). The van der Waals surface area contributed by atoms with E-state index in [0.717, 1.165) is 11.9 Å². The van der Waals surface area contributed by atoms with Crippen molar-refractivity contribution < 1.29 is 9.18 Å². The van der Waals surface area contributed by atoms with Gasteiger partial charge in [-0.1, -0.05) is 36.4 Å². The van der Waals surface area contributed by atoms with Crippen molar-refractivity contribution in [3.63, 3.8) is 0 Å². The van der Waals surface area contributed by atoms with E-state index in [1.165, 1.54) is 17.0 Å². The highest BCUT2D eigenvalue weighted by atomic mass is 19.1. The van der Waals surface area contributed by atoms with E-state index in [0.29, 0.717) is 17.7 Å². The minimum absolute atomic E-state index is 0.182. The van der Waals surface area contributed by atoms with E-state index in [1.54, 1.807) is 31.2 Å². The standard InChI is InChI=1S/C20H19FN2O/c1-14(12-15-6-2-4-8-18(15)21)20(24)22-11-10-16-13-23-19-9-5-3-7-17(16)19/h2-9,12-13,23H,10-11H2,1H3,(H,22,24)/b14-12+. The molecule has 2 aromatic carbocycles. The fraction of sp³-hybridized carbons (Fsp3) is 0.150. The van der Waals surface area contributed by atoms with Gasteiger partial charge in [0.25, 0.3) is 0 Å². The highest BCUT2D eigenvalue weighted by molar-refractivity contribution is 5.97. The van der Waals surface area contributed by atoms with Crippen molar-refractivity contribution >= 4 is 22.9 Å². The predicted molar refractivity (Wildman–Crippen MR) is 95.1 cm³/mol. The number of hydrogen-bond donors (Lipinski definition) is 2. The molecule has 0 aliphatic carbocycles. The summed E-state index contributed by atoms with van der Waals surface area (Å²) in [5.74, 6) is -0.512. The Bertz CT molecular complexity index is 895. The lowest BCUT2D eigenvalue weighted by Crippen LogP contribution is -2.26. The summed E-state index contributed by atoms with van der Waals surface area (Å²) in [5, 5.41) is 4.05. The second kappa shape index (κ2) is 7.13. The lowest BCUT2D eigenvalue weighted by molar-refractivity contribution is -0.117. The van der Waals surface area contributed by atoms with Crippen LogP contribution in [-0.2, 0) is 11.2 Å². The average molecular weight is 322 g/mol. The fourth-order valence-electron chi connectivity index (χ4n) is 2.68. The van der Waals surface area contributed by atoms with E-state index in [4.69, 9.17) is 0 Å². The topological polar surface area (TPSA) is 44.9 Å². The predicted octanol–water partition coefficient (Wildman–Crippen LogP) is 4.07. The summed E-state index contributed by atoms with van der Waals surface area (Å²) in [6, 6.07) is 14.5. The average Bonchev–Trinajstić information content (AvgIpc) is 3.00. The Balaban J connectivity index is 1.60. The lowest BCUT2D eigenvalue weighted by atomic mass is 10.1. The van der Waals surface area contributed by atoms with Crippen molar-refractivity contribution in [3.8, 4) is 0 Å². The molecule has 0 saturated carbocycles. The summed E-state index contributed by atoms with van der Waals surface area (Å²) < 4.78 is 13.6. The third-order valence-corrected chi connectivity index (χ3v) is 3.99. The fourth-order valence-corrected chi connectivity index (χ4v) is 2.68. The second-order valence-electron chi connectivity index (χ2n) is 5.71. The van der Waals surface area contributed by atoms with Gasteiger partial charge in [0.05, 0.1) is 0 Å². The van der Waals surface area contributed by atoms with Gasteiger partial charge in [0.1, 0.15) is 5.82 Å². The zero-order valence-corrected chi connectivity index (χ0v) is 13.5. The summed E-state index contributed by atoms with van der Waals surface area (Å²) in [7, 11) is 0. The van der Waals surface area contributed by atoms with Crippen LogP contribution in [0.5, 0.6) is 0 Å². The normalized spacial score (nSPS) is 11.7. The maximum Gasteiger partial charge on any atom is 0.246 e. The molecule has 3 nitrogen and oxygen atoms in total. The van der Waals surface area contributed by atoms with Gasteiger partial charge in [0.15, 0.2) is 0 Å².